The molecule has 0 spiro atoms. The van der Waals surface area contributed by atoms with Gasteiger partial charge in [-0.3, -0.25) is 5.32 Å². The lowest BCUT2D eigenvalue weighted by atomic mass is 10.1. The van der Waals surface area contributed by atoms with Crippen molar-refractivity contribution in [2.24, 2.45) is 5.92 Å². The molecule has 0 aromatic carbocycles. The second-order valence-corrected chi connectivity index (χ2v) is 6.22. The highest BCUT2D eigenvalue weighted by molar-refractivity contribution is 7.20. The molecule has 2 amide bonds. The average molecular weight is 319 g/mol. The minimum atomic E-state index is -0.660. The number of anilines is 1. The van der Waals surface area contributed by atoms with Crippen LogP contribution in [0.15, 0.2) is 12.1 Å². The summed E-state index contributed by atoms with van der Waals surface area (Å²) in [5.41, 5.74) is 0. The standard InChI is InChI=1S/C12H15ClN2O4S/c1-19-11(17)8-4-7(6-16)5-15(8)12(18)14-10-3-2-9(13)20-10/h2-3,7-8,16H,4-6H2,1H3,(H,14,18)/t7-,8-/m1/s1. The molecule has 2 rings (SSSR count). The lowest BCUT2D eigenvalue weighted by Crippen LogP contribution is -2.43. The van der Waals surface area contributed by atoms with E-state index in [0.29, 0.717) is 22.3 Å². The molecule has 2 heterocycles. The summed E-state index contributed by atoms with van der Waals surface area (Å²) in [6.45, 7) is 0.253. The highest BCUT2D eigenvalue weighted by atomic mass is 35.5. The summed E-state index contributed by atoms with van der Waals surface area (Å²) < 4.78 is 5.27. The van der Waals surface area contributed by atoms with Gasteiger partial charge in [0.2, 0.25) is 0 Å². The summed E-state index contributed by atoms with van der Waals surface area (Å²) in [5.74, 6) is -0.586. The van der Waals surface area contributed by atoms with E-state index in [9.17, 15) is 14.7 Å². The van der Waals surface area contributed by atoms with Crippen molar-refractivity contribution in [3.8, 4) is 0 Å². The fraction of sp³-hybridized carbons (Fsp3) is 0.500. The van der Waals surface area contributed by atoms with Crippen molar-refractivity contribution in [1.29, 1.82) is 0 Å². The molecule has 0 aliphatic carbocycles. The van der Waals surface area contributed by atoms with E-state index < -0.39 is 18.0 Å². The van der Waals surface area contributed by atoms with Crippen molar-refractivity contribution in [1.82, 2.24) is 4.90 Å². The fourth-order valence-corrected chi connectivity index (χ4v) is 3.13. The first kappa shape index (κ1) is 15.1. The zero-order chi connectivity index (χ0) is 14.7. The molecule has 2 N–H and O–H groups in total. The Balaban J connectivity index is 2.07. The Morgan fingerprint density at radius 3 is 2.90 bits per heavy atom. The summed E-state index contributed by atoms with van der Waals surface area (Å²) in [4.78, 5) is 25.3. The van der Waals surface area contributed by atoms with Gasteiger partial charge in [0.1, 0.15) is 6.04 Å². The maximum absolute atomic E-state index is 12.2. The zero-order valence-electron chi connectivity index (χ0n) is 10.8. The summed E-state index contributed by atoms with van der Waals surface area (Å²) in [5, 5.41) is 12.5. The number of amides is 2. The number of hydrogen-bond acceptors (Lipinski definition) is 5. The third-order valence-electron chi connectivity index (χ3n) is 3.18. The number of nitrogens with zero attached hydrogens (tertiary/aromatic N) is 1. The zero-order valence-corrected chi connectivity index (χ0v) is 12.4. The number of thiophene rings is 1. The number of ether oxygens (including phenoxy) is 1. The molecule has 1 saturated heterocycles. The minimum absolute atomic E-state index is 0.0674. The van der Waals surface area contributed by atoms with Crippen LogP contribution in [0.2, 0.25) is 4.34 Å². The summed E-state index contributed by atoms with van der Waals surface area (Å²) in [6.07, 6.45) is 0.405. The molecular weight excluding hydrogens is 304 g/mol. The Morgan fingerprint density at radius 2 is 2.35 bits per heavy atom. The maximum Gasteiger partial charge on any atom is 0.328 e. The molecule has 2 atom stereocenters. The summed E-state index contributed by atoms with van der Waals surface area (Å²) >= 11 is 7.04. The monoisotopic (exact) mass is 318 g/mol. The lowest BCUT2D eigenvalue weighted by molar-refractivity contribution is -0.144. The Labute approximate surface area is 125 Å². The largest absolute Gasteiger partial charge is 0.467 e. The number of methoxy groups -OCH3 is 1. The lowest BCUT2D eigenvalue weighted by Gasteiger charge is -2.22. The van der Waals surface area contributed by atoms with Crippen LogP contribution in [0.5, 0.6) is 0 Å². The molecule has 1 aromatic rings. The Kier molecular flexibility index (Phi) is 4.85. The van der Waals surface area contributed by atoms with Gasteiger partial charge >= 0.3 is 12.0 Å². The van der Waals surface area contributed by atoms with E-state index >= 15 is 0 Å². The van der Waals surface area contributed by atoms with Gasteiger partial charge < -0.3 is 14.7 Å². The smallest absolute Gasteiger partial charge is 0.328 e. The summed E-state index contributed by atoms with van der Waals surface area (Å²) in [7, 11) is 1.28. The third-order valence-corrected chi connectivity index (χ3v) is 4.33. The van der Waals surface area contributed by atoms with Gasteiger partial charge in [0.15, 0.2) is 0 Å². The number of hydrogen-bond donors (Lipinski definition) is 2. The van der Waals surface area contributed by atoms with Crippen molar-refractivity contribution in [2.45, 2.75) is 12.5 Å². The van der Waals surface area contributed by atoms with Crippen molar-refractivity contribution in [3.63, 3.8) is 0 Å². The van der Waals surface area contributed by atoms with Crippen LogP contribution in [0.25, 0.3) is 0 Å². The number of carbonyl (C=O) groups excluding carboxylic acids is 2. The Bertz CT molecular complexity index is 507. The van der Waals surface area contributed by atoms with Crippen LogP contribution in [0.4, 0.5) is 9.80 Å². The number of carbonyl (C=O) groups is 2. The maximum atomic E-state index is 12.2. The average Bonchev–Trinajstić information content (AvgIpc) is 3.04. The summed E-state index contributed by atoms with van der Waals surface area (Å²) in [6, 6.07) is 2.32. The molecular formula is C12H15ClN2O4S. The number of nitrogens with one attached hydrogen (secondary N) is 1. The van der Waals surface area contributed by atoms with Crippen molar-refractivity contribution < 1.29 is 19.4 Å². The first-order valence-electron chi connectivity index (χ1n) is 6.06. The number of aliphatic hydroxyl groups excluding tert-OH is 1. The van der Waals surface area contributed by atoms with Crippen LogP contribution in [-0.2, 0) is 9.53 Å². The van der Waals surface area contributed by atoms with E-state index in [1.165, 1.54) is 23.3 Å². The molecule has 1 aliphatic heterocycles. The van der Waals surface area contributed by atoms with Gasteiger partial charge in [0.25, 0.3) is 0 Å². The molecule has 20 heavy (non-hydrogen) atoms. The van der Waals surface area contributed by atoms with Gasteiger partial charge in [0.05, 0.1) is 16.4 Å². The molecule has 1 fully saturated rings. The third kappa shape index (κ3) is 3.23. The van der Waals surface area contributed by atoms with Crippen LogP contribution in [0.3, 0.4) is 0 Å². The second-order valence-electron chi connectivity index (χ2n) is 4.51. The van der Waals surface area contributed by atoms with Crippen LogP contribution in [-0.4, -0.2) is 48.3 Å². The van der Waals surface area contributed by atoms with Gasteiger partial charge in [-0.2, -0.15) is 0 Å². The molecule has 0 radical (unpaired) electrons. The van der Waals surface area contributed by atoms with Crippen LogP contribution in [0.1, 0.15) is 6.42 Å². The van der Waals surface area contributed by atoms with E-state index in [4.69, 9.17) is 16.3 Å². The Hall–Kier alpha value is -1.31. The molecule has 1 aromatic heterocycles. The number of likely N-dealkylation sites (tertiary alicyclic amines) is 1. The molecule has 110 valence electrons. The molecule has 0 unspecified atom stereocenters. The fourth-order valence-electron chi connectivity index (χ4n) is 2.20. The van der Waals surface area contributed by atoms with E-state index in [-0.39, 0.29) is 12.5 Å². The van der Waals surface area contributed by atoms with Crippen molar-refractivity contribution in [2.75, 3.05) is 25.6 Å². The van der Waals surface area contributed by atoms with Crippen LogP contribution < -0.4 is 5.32 Å². The predicted octanol–water partition coefficient (Wildman–Crippen LogP) is 1.79. The van der Waals surface area contributed by atoms with Gasteiger partial charge in [-0.15, -0.1) is 11.3 Å². The SMILES string of the molecule is COC(=O)[C@H]1C[C@@H](CO)CN1C(=O)Nc1ccc(Cl)s1. The van der Waals surface area contributed by atoms with Crippen LogP contribution in [0, 0.1) is 5.92 Å². The van der Waals surface area contributed by atoms with Gasteiger partial charge in [0, 0.05) is 19.1 Å². The number of halogens is 1. The van der Waals surface area contributed by atoms with Gasteiger partial charge in [-0.1, -0.05) is 11.6 Å². The number of esters is 1. The normalized spacial score (nSPS) is 21.9. The second kappa shape index (κ2) is 6.43. The highest BCUT2D eigenvalue weighted by Gasteiger charge is 2.40. The van der Waals surface area contributed by atoms with E-state index in [1.807, 2.05) is 0 Å². The molecule has 0 bridgehead atoms. The van der Waals surface area contributed by atoms with E-state index in [1.54, 1.807) is 12.1 Å². The molecule has 8 heteroatoms. The molecule has 1 aliphatic rings. The van der Waals surface area contributed by atoms with E-state index in [0.717, 1.165) is 0 Å². The first-order valence-corrected chi connectivity index (χ1v) is 7.26. The first-order chi connectivity index (χ1) is 9.55. The van der Waals surface area contributed by atoms with Gasteiger partial charge in [-0.05, 0) is 18.6 Å². The Morgan fingerprint density at radius 1 is 1.60 bits per heavy atom. The van der Waals surface area contributed by atoms with Crippen molar-refractivity contribution in [3.05, 3.63) is 16.5 Å². The highest BCUT2D eigenvalue weighted by Crippen LogP contribution is 2.28. The number of rotatable bonds is 3. The van der Waals surface area contributed by atoms with E-state index in [2.05, 4.69) is 5.32 Å². The molecule has 6 nitrogen and oxygen atoms in total. The van der Waals surface area contributed by atoms with Crippen molar-refractivity contribution >= 4 is 39.9 Å². The topological polar surface area (TPSA) is 78.9 Å². The minimum Gasteiger partial charge on any atom is -0.467 e. The predicted molar refractivity (Wildman–Crippen MR) is 76.1 cm³/mol. The molecule has 0 saturated carbocycles. The number of aliphatic hydroxyl groups is 1. The van der Waals surface area contributed by atoms with Crippen LogP contribution >= 0.6 is 22.9 Å². The quantitative estimate of drug-likeness (QED) is 0.833. The van der Waals surface area contributed by atoms with Gasteiger partial charge in [-0.25, -0.2) is 9.59 Å². The number of urea groups is 1.